The standard InChI is InChI=1S/C11H14NOS.BrH/c1-9-12(7-8-13-2)10-5-3-4-6-11(10)14-9;/h3-6H,7-8H2,1-2H3;1H/q+1;/p-1. The number of rotatable bonds is 3. The number of methoxy groups -OCH3 is 1. The van der Waals surface area contributed by atoms with Crippen LogP contribution in [0, 0.1) is 6.92 Å². The van der Waals surface area contributed by atoms with Crippen molar-refractivity contribution in [1.82, 2.24) is 0 Å². The quantitative estimate of drug-likeness (QED) is 0.671. The van der Waals surface area contributed by atoms with Crippen molar-refractivity contribution in [3.8, 4) is 0 Å². The lowest BCUT2D eigenvalue weighted by Crippen LogP contribution is -3.00. The first-order chi connectivity index (χ1) is 6.83. The minimum absolute atomic E-state index is 0. The van der Waals surface area contributed by atoms with Crippen molar-refractivity contribution in [2.24, 2.45) is 0 Å². The summed E-state index contributed by atoms with van der Waals surface area (Å²) >= 11 is 1.84. The lowest BCUT2D eigenvalue weighted by Gasteiger charge is -1.95. The summed E-state index contributed by atoms with van der Waals surface area (Å²) in [6.07, 6.45) is 0. The second-order valence-electron chi connectivity index (χ2n) is 3.23. The number of hydrogen-bond donors (Lipinski definition) is 0. The van der Waals surface area contributed by atoms with Crippen LogP contribution in [0.1, 0.15) is 5.01 Å². The van der Waals surface area contributed by atoms with Gasteiger partial charge < -0.3 is 21.7 Å². The smallest absolute Gasteiger partial charge is 0.235 e. The Hall–Kier alpha value is -0.450. The van der Waals surface area contributed by atoms with E-state index in [0.29, 0.717) is 0 Å². The van der Waals surface area contributed by atoms with Crippen molar-refractivity contribution in [1.29, 1.82) is 0 Å². The van der Waals surface area contributed by atoms with Crippen molar-refractivity contribution in [3.05, 3.63) is 29.3 Å². The average molecular weight is 288 g/mol. The van der Waals surface area contributed by atoms with Crippen molar-refractivity contribution in [2.75, 3.05) is 13.7 Å². The molecule has 0 bridgehead atoms. The van der Waals surface area contributed by atoms with Gasteiger partial charge in [-0.1, -0.05) is 23.5 Å². The topological polar surface area (TPSA) is 13.1 Å². The van der Waals surface area contributed by atoms with Gasteiger partial charge in [-0.25, -0.2) is 0 Å². The summed E-state index contributed by atoms with van der Waals surface area (Å²) in [5.74, 6) is 0. The summed E-state index contributed by atoms with van der Waals surface area (Å²) in [6.45, 7) is 3.86. The van der Waals surface area contributed by atoms with Gasteiger partial charge >= 0.3 is 0 Å². The van der Waals surface area contributed by atoms with Crippen LogP contribution in [0.25, 0.3) is 10.2 Å². The Morgan fingerprint density at radius 2 is 2.07 bits per heavy atom. The van der Waals surface area contributed by atoms with E-state index in [4.69, 9.17) is 4.74 Å². The zero-order valence-corrected chi connectivity index (χ0v) is 11.3. The highest BCUT2D eigenvalue weighted by Crippen LogP contribution is 2.18. The Morgan fingerprint density at radius 1 is 1.33 bits per heavy atom. The molecule has 0 aliphatic heterocycles. The molecule has 82 valence electrons. The Kier molecular flexibility index (Phi) is 4.70. The normalized spacial score (nSPS) is 10.3. The lowest BCUT2D eigenvalue weighted by molar-refractivity contribution is -0.674. The third-order valence-electron chi connectivity index (χ3n) is 2.31. The molecule has 0 unspecified atom stereocenters. The molecule has 2 nitrogen and oxygen atoms in total. The van der Waals surface area contributed by atoms with Crippen LogP contribution in [-0.4, -0.2) is 13.7 Å². The van der Waals surface area contributed by atoms with Gasteiger partial charge in [0.2, 0.25) is 10.5 Å². The van der Waals surface area contributed by atoms with Crippen LogP contribution >= 0.6 is 11.3 Å². The van der Waals surface area contributed by atoms with E-state index in [2.05, 4.69) is 35.8 Å². The van der Waals surface area contributed by atoms with E-state index in [9.17, 15) is 0 Å². The molecule has 2 aromatic rings. The molecule has 0 spiro atoms. The summed E-state index contributed by atoms with van der Waals surface area (Å²) in [4.78, 5) is 0. The molecule has 2 rings (SSSR count). The fraction of sp³-hybridized carbons (Fsp3) is 0.364. The van der Waals surface area contributed by atoms with Crippen LogP contribution in [-0.2, 0) is 11.3 Å². The van der Waals surface area contributed by atoms with Gasteiger partial charge in [0.25, 0.3) is 0 Å². The van der Waals surface area contributed by atoms with Crippen LogP contribution in [0.15, 0.2) is 24.3 Å². The minimum Gasteiger partial charge on any atom is -1.00 e. The zero-order valence-electron chi connectivity index (χ0n) is 8.87. The molecule has 15 heavy (non-hydrogen) atoms. The Balaban J connectivity index is 0.00000112. The Morgan fingerprint density at radius 3 is 2.80 bits per heavy atom. The zero-order chi connectivity index (χ0) is 9.97. The van der Waals surface area contributed by atoms with Gasteiger partial charge in [-0.3, -0.25) is 0 Å². The Bertz CT molecular complexity index is 441. The number of thiazole rings is 1. The molecular formula is C11H14BrNOS. The maximum Gasteiger partial charge on any atom is 0.235 e. The van der Waals surface area contributed by atoms with Gasteiger partial charge in [-0.15, -0.1) is 0 Å². The van der Waals surface area contributed by atoms with Crippen LogP contribution in [0.4, 0.5) is 0 Å². The van der Waals surface area contributed by atoms with Gasteiger partial charge in [0.1, 0.15) is 11.3 Å². The summed E-state index contributed by atoms with van der Waals surface area (Å²) in [5.41, 5.74) is 1.31. The second-order valence-corrected chi connectivity index (χ2v) is 4.47. The molecule has 0 atom stereocenters. The molecule has 1 aromatic heterocycles. The fourth-order valence-electron chi connectivity index (χ4n) is 1.61. The number of hydrogen-bond acceptors (Lipinski definition) is 2. The summed E-state index contributed by atoms with van der Waals surface area (Å²) < 4.78 is 8.76. The van der Waals surface area contributed by atoms with Gasteiger partial charge in [-0.05, 0) is 6.07 Å². The maximum absolute atomic E-state index is 5.10. The third kappa shape index (κ3) is 2.56. The van der Waals surface area contributed by atoms with E-state index in [-0.39, 0.29) is 17.0 Å². The number of para-hydroxylation sites is 1. The molecule has 0 N–H and O–H groups in total. The number of benzene rings is 1. The van der Waals surface area contributed by atoms with Crippen molar-refractivity contribution >= 4 is 21.6 Å². The largest absolute Gasteiger partial charge is 1.00 e. The number of halogens is 1. The SMILES string of the molecule is COCC[n+]1c(C)sc2ccccc21.[Br-]. The monoisotopic (exact) mass is 287 g/mol. The molecule has 0 saturated heterocycles. The van der Waals surface area contributed by atoms with Gasteiger partial charge in [-0.2, -0.15) is 4.57 Å². The molecule has 0 fully saturated rings. The first-order valence-electron chi connectivity index (χ1n) is 4.70. The lowest BCUT2D eigenvalue weighted by atomic mass is 10.3. The number of aromatic nitrogens is 1. The van der Waals surface area contributed by atoms with Crippen molar-refractivity contribution in [3.63, 3.8) is 0 Å². The molecule has 0 aliphatic carbocycles. The fourth-order valence-corrected chi connectivity index (χ4v) is 2.66. The summed E-state index contributed by atoms with van der Waals surface area (Å²) in [6, 6.07) is 8.49. The first-order valence-corrected chi connectivity index (χ1v) is 5.51. The van der Waals surface area contributed by atoms with Gasteiger partial charge in [0.15, 0.2) is 6.54 Å². The molecular weight excluding hydrogens is 274 g/mol. The van der Waals surface area contributed by atoms with E-state index in [1.807, 2.05) is 11.3 Å². The summed E-state index contributed by atoms with van der Waals surface area (Å²) in [7, 11) is 1.74. The molecule has 0 amide bonds. The van der Waals surface area contributed by atoms with Crippen LogP contribution in [0.3, 0.4) is 0 Å². The molecule has 0 radical (unpaired) electrons. The van der Waals surface area contributed by atoms with Gasteiger partial charge in [0, 0.05) is 20.1 Å². The highest BCUT2D eigenvalue weighted by Gasteiger charge is 2.15. The number of fused-ring (bicyclic) bond motifs is 1. The van der Waals surface area contributed by atoms with E-state index in [1.54, 1.807) is 7.11 Å². The highest BCUT2D eigenvalue weighted by molar-refractivity contribution is 7.18. The van der Waals surface area contributed by atoms with E-state index < -0.39 is 0 Å². The minimum atomic E-state index is 0. The van der Waals surface area contributed by atoms with Crippen molar-refractivity contribution in [2.45, 2.75) is 13.5 Å². The first kappa shape index (κ1) is 12.6. The molecule has 4 heteroatoms. The predicted octanol–water partition coefficient (Wildman–Crippen LogP) is -0.852. The number of nitrogens with zero attached hydrogens (tertiary/aromatic N) is 1. The highest BCUT2D eigenvalue weighted by atomic mass is 79.9. The predicted molar refractivity (Wildman–Crippen MR) is 58.6 cm³/mol. The van der Waals surface area contributed by atoms with Crippen molar-refractivity contribution < 1.29 is 26.3 Å². The average Bonchev–Trinajstić information content (AvgIpc) is 2.51. The maximum atomic E-state index is 5.10. The van der Waals surface area contributed by atoms with E-state index in [0.717, 1.165) is 13.2 Å². The molecule has 0 aliphatic rings. The third-order valence-corrected chi connectivity index (χ3v) is 3.39. The number of ether oxygens (including phenoxy) is 1. The van der Waals surface area contributed by atoms with Crippen LogP contribution in [0.2, 0.25) is 0 Å². The second kappa shape index (κ2) is 5.58. The summed E-state index contributed by atoms with van der Waals surface area (Å²) in [5, 5.41) is 1.34. The van der Waals surface area contributed by atoms with E-state index >= 15 is 0 Å². The van der Waals surface area contributed by atoms with Crippen LogP contribution in [0.5, 0.6) is 0 Å². The molecule has 1 aromatic carbocycles. The molecule has 0 saturated carbocycles. The van der Waals surface area contributed by atoms with Crippen LogP contribution < -0.4 is 21.5 Å². The molecule has 1 heterocycles. The van der Waals surface area contributed by atoms with Gasteiger partial charge in [0.05, 0.1) is 0 Å². The van der Waals surface area contributed by atoms with E-state index in [1.165, 1.54) is 15.2 Å². The Labute approximate surface area is 104 Å². The number of aryl methyl sites for hydroxylation is 1.